The highest BCUT2D eigenvalue weighted by atomic mass is 19.3. The normalized spacial score (nSPS) is 20.9. The van der Waals surface area contributed by atoms with Crippen molar-refractivity contribution in [3.63, 3.8) is 0 Å². The van der Waals surface area contributed by atoms with Gasteiger partial charge in [-0.15, -0.1) is 0 Å². The maximum atomic E-state index is 14.3. The number of nitrogens with one attached hydrogen (secondary N) is 1. The van der Waals surface area contributed by atoms with E-state index in [1.54, 1.807) is 12.1 Å². The summed E-state index contributed by atoms with van der Waals surface area (Å²) in [4.78, 5) is 0. The topological polar surface area (TPSA) is 12.0 Å². The second-order valence-electron chi connectivity index (χ2n) is 5.07. The van der Waals surface area contributed by atoms with Gasteiger partial charge in [0.05, 0.1) is 6.04 Å². The van der Waals surface area contributed by atoms with Gasteiger partial charge in [0.25, 0.3) is 5.92 Å². The first-order valence-corrected chi connectivity index (χ1v) is 6.85. The molecular weight excluding hydrogens is 232 g/mol. The second kappa shape index (κ2) is 5.79. The zero-order valence-electron chi connectivity index (χ0n) is 10.9. The van der Waals surface area contributed by atoms with Gasteiger partial charge in [-0.05, 0) is 31.4 Å². The summed E-state index contributed by atoms with van der Waals surface area (Å²) in [6.07, 6.45) is 4.44. The van der Waals surface area contributed by atoms with E-state index < -0.39 is 12.0 Å². The van der Waals surface area contributed by atoms with Crippen molar-refractivity contribution in [1.29, 1.82) is 0 Å². The van der Waals surface area contributed by atoms with E-state index in [-0.39, 0.29) is 5.56 Å². The van der Waals surface area contributed by atoms with Crippen LogP contribution in [0.4, 0.5) is 8.78 Å². The van der Waals surface area contributed by atoms with Gasteiger partial charge in [0.1, 0.15) is 0 Å². The van der Waals surface area contributed by atoms with Crippen LogP contribution in [0.5, 0.6) is 0 Å². The van der Waals surface area contributed by atoms with Gasteiger partial charge >= 0.3 is 0 Å². The van der Waals surface area contributed by atoms with Crippen LogP contribution in [0.15, 0.2) is 24.3 Å². The number of halogens is 2. The molecule has 0 aromatic heterocycles. The fraction of sp³-hybridized carbons (Fsp3) is 0.600. The minimum Gasteiger partial charge on any atom is -0.308 e. The standard InChI is InChI=1S/C15H21F2N/c1-2-5-12-7-9-13(10-8-12)15(16,17)14-6-3-4-11-18-14/h7-10,14,18H,2-6,11H2,1H3. The van der Waals surface area contributed by atoms with E-state index in [0.717, 1.165) is 31.2 Å². The quantitative estimate of drug-likeness (QED) is 0.858. The molecule has 1 nitrogen and oxygen atoms in total. The number of benzene rings is 1. The summed E-state index contributed by atoms with van der Waals surface area (Å²) in [5.74, 6) is -2.76. The number of aryl methyl sites for hydroxylation is 1. The molecule has 1 heterocycles. The van der Waals surface area contributed by atoms with Crippen LogP contribution in [0.25, 0.3) is 0 Å². The van der Waals surface area contributed by atoms with Crippen molar-refractivity contribution < 1.29 is 8.78 Å². The highest BCUT2D eigenvalue weighted by molar-refractivity contribution is 5.27. The molecule has 0 aliphatic carbocycles. The highest BCUT2D eigenvalue weighted by Gasteiger charge is 2.41. The molecule has 0 saturated carbocycles. The van der Waals surface area contributed by atoms with Gasteiger partial charge < -0.3 is 5.32 Å². The fourth-order valence-electron chi connectivity index (χ4n) is 2.54. The van der Waals surface area contributed by atoms with Gasteiger partial charge in [-0.2, -0.15) is 8.78 Å². The number of alkyl halides is 2. The molecule has 1 unspecified atom stereocenters. The lowest BCUT2D eigenvalue weighted by Crippen LogP contribution is -2.45. The Balaban J connectivity index is 2.12. The molecule has 1 aromatic rings. The van der Waals surface area contributed by atoms with E-state index in [2.05, 4.69) is 12.2 Å². The molecule has 1 fully saturated rings. The van der Waals surface area contributed by atoms with Crippen LogP contribution in [-0.4, -0.2) is 12.6 Å². The van der Waals surface area contributed by atoms with Gasteiger partial charge in [0.15, 0.2) is 0 Å². The van der Waals surface area contributed by atoms with Crippen LogP contribution in [0.2, 0.25) is 0 Å². The van der Waals surface area contributed by atoms with Gasteiger partial charge in [0.2, 0.25) is 0 Å². The van der Waals surface area contributed by atoms with Crippen molar-refractivity contribution >= 4 is 0 Å². The molecule has 1 N–H and O–H groups in total. The number of hydrogen-bond acceptors (Lipinski definition) is 1. The third-order valence-corrected chi connectivity index (χ3v) is 3.63. The Bertz CT molecular complexity index is 367. The molecule has 0 amide bonds. The lowest BCUT2D eigenvalue weighted by Gasteiger charge is -2.31. The van der Waals surface area contributed by atoms with E-state index >= 15 is 0 Å². The van der Waals surface area contributed by atoms with Crippen molar-refractivity contribution in [2.75, 3.05) is 6.54 Å². The molecule has 3 heteroatoms. The molecule has 0 radical (unpaired) electrons. The summed E-state index contributed by atoms with van der Waals surface area (Å²) in [6, 6.07) is 6.12. The zero-order chi connectivity index (χ0) is 13.0. The summed E-state index contributed by atoms with van der Waals surface area (Å²) in [7, 11) is 0. The zero-order valence-corrected chi connectivity index (χ0v) is 10.9. The molecule has 1 aliphatic heterocycles. The largest absolute Gasteiger partial charge is 0.308 e. The van der Waals surface area contributed by atoms with Crippen LogP contribution in [0.3, 0.4) is 0 Å². The minimum absolute atomic E-state index is 0.141. The Labute approximate surface area is 108 Å². The van der Waals surface area contributed by atoms with Crippen LogP contribution >= 0.6 is 0 Å². The summed E-state index contributed by atoms with van der Waals surface area (Å²) in [5.41, 5.74) is 1.27. The smallest absolute Gasteiger partial charge is 0.288 e. The van der Waals surface area contributed by atoms with E-state index in [4.69, 9.17) is 0 Å². The van der Waals surface area contributed by atoms with E-state index in [9.17, 15) is 8.78 Å². The first-order chi connectivity index (χ1) is 8.64. The summed E-state index contributed by atoms with van der Waals surface area (Å²) in [5, 5.41) is 2.95. The maximum absolute atomic E-state index is 14.3. The average molecular weight is 253 g/mol. The van der Waals surface area contributed by atoms with E-state index in [1.165, 1.54) is 0 Å². The summed E-state index contributed by atoms with van der Waals surface area (Å²) in [6.45, 7) is 2.79. The van der Waals surface area contributed by atoms with Gasteiger partial charge in [-0.1, -0.05) is 44.0 Å². The summed E-state index contributed by atoms with van der Waals surface area (Å²) >= 11 is 0. The SMILES string of the molecule is CCCc1ccc(C(F)(F)C2CCCCN2)cc1. The van der Waals surface area contributed by atoms with Gasteiger partial charge in [-0.25, -0.2) is 0 Å². The van der Waals surface area contributed by atoms with Crippen molar-refractivity contribution in [3.05, 3.63) is 35.4 Å². The predicted molar refractivity (Wildman–Crippen MR) is 70.0 cm³/mol. The Kier molecular flexibility index (Phi) is 4.33. The minimum atomic E-state index is -2.76. The van der Waals surface area contributed by atoms with Gasteiger partial charge in [-0.3, -0.25) is 0 Å². The Hall–Kier alpha value is -0.960. The predicted octanol–water partition coefficient (Wildman–Crippen LogP) is 3.87. The molecule has 0 spiro atoms. The molecule has 100 valence electrons. The van der Waals surface area contributed by atoms with Crippen molar-refractivity contribution in [3.8, 4) is 0 Å². The van der Waals surface area contributed by atoms with Crippen molar-refractivity contribution in [2.45, 2.75) is 51.0 Å². The third kappa shape index (κ3) is 2.89. The van der Waals surface area contributed by atoms with Crippen LogP contribution in [0.1, 0.15) is 43.7 Å². The molecule has 2 rings (SSSR count). The van der Waals surface area contributed by atoms with Gasteiger partial charge in [0, 0.05) is 5.56 Å². The molecule has 1 aromatic carbocycles. The average Bonchev–Trinajstić information content (AvgIpc) is 2.41. The Morgan fingerprint density at radius 3 is 2.50 bits per heavy atom. The molecule has 1 atom stereocenters. The molecule has 0 bridgehead atoms. The van der Waals surface area contributed by atoms with Crippen LogP contribution in [-0.2, 0) is 12.3 Å². The first kappa shape index (κ1) is 13.5. The molecule has 1 aliphatic rings. The van der Waals surface area contributed by atoms with Crippen LogP contribution in [0, 0.1) is 0 Å². The van der Waals surface area contributed by atoms with E-state index in [0.29, 0.717) is 13.0 Å². The monoisotopic (exact) mass is 253 g/mol. The molecule has 1 saturated heterocycles. The molecule has 18 heavy (non-hydrogen) atoms. The first-order valence-electron chi connectivity index (χ1n) is 6.85. The number of hydrogen-bond donors (Lipinski definition) is 1. The van der Waals surface area contributed by atoms with E-state index in [1.807, 2.05) is 12.1 Å². The van der Waals surface area contributed by atoms with Crippen LogP contribution < -0.4 is 5.32 Å². The number of piperidine rings is 1. The summed E-state index contributed by atoms with van der Waals surface area (Å²) < 4.78 is 28.6. The van der Waals surface area contributed by atoms with Crippen molar-refractivity contribution in [1.82, 2.24) is 5.32 Å². The van der Waals surface area contributed by atoms with Crippen molar-refractivity contribution in [2.24, 2.45) is 0 Å². The fourth-order valence-corrected chi connectivity index (χ4v) is 2.54. The maximum Gasteiger partial charge on any atom is 0.288 e. The number of rotatable bonds is 4. The highest BCUT2D eigenvalue weighted by Crippen LogP contribution is 2.35. The lowest BCUT2D eigenvalue weighted by atomic mass is 9.93. The molecular formula is C15H21F2N. The lowest BCUT2D eigenvalue weighted by molar-refractivity contribution is -0.0512. The third-order valence-electron chi connectivity index (χ3n) is 3.63. The second-order valence-corrected chi connectivity index (χ2v) is 5.07. The Morgan fingerprint density at radius 1 is 1.22 bits per heavy atom. The Morgan fingerprint density at radius 2 is 1.94 bits per heavy atom.